The molecule has 0 heterocycles. The van der Waals surface area contributed by atoms with Crippen LogP contribution in [-0.2, 0) is 14.3 Å². The van der Waals surface area contributed by atoms with E-state index in [1.54, 1.807) is 37.5 Å². The third-order valence-electron chi connectivity index (χ3n) is 4.03. The fourth-order valence-electron chi connectivity index (χ4n) is 2.44. The maximum absolute atomic E-state index is 12.4. The lowest BCUT2D eigenvalue weighted by molar-refractivity contribution is -0.151. The Balaban J connectivity index is 1.67. The highest BCUT2D eigenvalue weighted by Crippen LogP contribution is 2.23. The second-order valence-corrected chi connectivity index (χ2v) is 6.12. The maximum atomic E-state index is 12.4. The Hall–Kier alpha value is -3.08. The molecule has 5 nitrogen and oxygen atoms in total. The lowest BCUT2D eigenvalue weighted by Crippen LogP contribution is -2.33. The molecule has 1 aliphatic rings. The van der Waals surface area contributed by atoms with Gasteiger partial charge in [0.1, 0.15) is 5.75 Å². The van der Waals surface area contributed by atoms with Crippen LogP contribution in [0.2, 0.25) is 0 Å². The van der Waals surface area contributed by atoms with Gasteiger partial charge in [0.05, 0.1) is 7.11 Å². The summed E-state index contributed by atoms with van der Waals surface area (Å²) < 4.78 is 10.5. The quantitative estimate of drug-likeness (QED) is 0.614. The van der Waals surface area contributed by atoms with Crippen LogP contribution in [0.4, 0.5) is 0 Å². The van der Waals surface area contributed by atoms with Crippen LogP contribution in [0.15, 0.2) is 60.7 Å². The van der Waals surface area contributed by atoms with Crippen LogP contribution in [0.1, 0.15) is 30.1 Å². The molecule has 1 N–H and O–H groups in total. The Bertz CT molecular complexity index is 779. The Morgan fingerprint density at radius 2 is 1.77 bits per heavy atom. The second kappa shape index (κ2) is 8.34. The van der Waals surface area contributed by atoms with Crippen molar-refractivity contribution in [2.75, 3.05) is 7.11 Å². The van der Waals surface area contributed by atoms with Gasteiger partial charge >= 0.3 is 5.97 Å². The Kier molecular flexibility index (Phi) is 5.69. The van der Waals surface area contributed by atoms with E-state index < -0.39 is 12.1 Å². The van der Waals surface area contributed by atoms with Crippen LogP contribution in [0.3, 0.4) is 0 Å². The number of ether oxygens (including phenoxy) is 2. The Labute approximate surface area is 152 Å². The number of esters is 1. The molecule has 2 aromatic carbocycles. The summed E-state index contributed by atoms with van der Waals surface area (Å²) in [6.07, 6.45) is 3.95. The maximum Gasteiger partial charge on any atom is 0.331 e. The highest BCUT2D eigenvalue weighted by molar-refractivity contribution is 5.91. The molecule has 0 radical (unpaired) electrons. The first kappa shape index (κ1) is 17.7. The van der Waals surface area contributed by atoms with E-state index in [0.717, 1.165) is 24.2 Å². The highest BCUT2D eigenvalue weighted by Gasteiger charge is 2.30. The molecular weight excluding hydrogens is 330 g/mol. The molecule has 0 unspecified atom stereocenters. The van der Waals surface area contributed by atoms with Gasteiger partial charge in [-0.15, -0.1) is 0 Å². The summed E-state index contributed by atoms with van der Waals surface area (Å²) in [4.78, 5) is 24.7. The smallest absolute Gasteiger partial charge is 0.331 e. The number of methoxy groups -OCH3 is 1. The summed E-state index contributed by atoms with van der Waals surface area (Å²) in [6, 6.07) is 16.5. The van der Waals surface area contributed by atoms with Crippen LogP contribution in [0.5, 0.6) is 5.75 Å². The lowest BCUT2D eigenvalue weighted by Gasteiger charge is -2.17. The largest absolute Gasteiger partial charge is 0.497 e. The van der Waals surface area contributed by atoms with Crippen LogP contribution >= 0.6 is 0 Å². The van der Waals surface area contributed by atoms with Gasteiger partial charge in [-0.05, 0) is 36.6 Å². The minimum absolute atomic E-state index is 0.197. The number of carbonyl (C=O) groups is 2. The molecule has 1 fully saturated rings. The normalized spacial score (nSPS) is 14.7. The van der Waals surface area contributed by atoms with Crippen molar-refractivity contribution in [1.29, 1.82) is 0 Å². The summed E-state index contributed by atoms with van der Waals surface area (Å²) in [5, 5.41) is 2.89. The van der Waals surface area contributed by atoms with Gasteiger partial charge in [0.15, 0.2) is 0 Å². The molecule has 5 heteroatoms. The van der Waals surface area contributed by atoms with Crippen molar-refractivity contribution in [2.45, 2.75) is 25.0 Å². The Morgan fingerprint density at radius 1 is 1.08 bits per heavy atom. The molecule has 0 aliphatic heterocycles. The minimum atomic E-state index is -0.954. The van der Waals surface area contributed by atoms with Crippen LogP contribution in [0.25, 0.3) is 6.08 Å². The summed E-state index contributed by atoms with van der Waals surface area (Å²) in [5.74, 6) is -0.115. The van der Waals surface area contributed by atoms with E-state index in [9.17, 15) is 9.59 Å². The molecule has 0 bridgehead atoms. The molecule has 1 atom stereocenters. The van der Waals surface area contributed by atoms with E-state index in [1.165, 1.54) is 6.08 Å². The predicted molar refractivity (Wildman–Crippen MR) is 98.5 cm³/mol. The summed E-state index contributed by atoms with van der Waals surface area (Å²) in [6.45, 7) is 0. The third-order valence-corrected chi connectivity index (χ3v) is 4.03. The Morgan fingerprint density at radius 3 is 2.38 bits per heavy atom. The summed E-state index contributed by atoms with van der Waals surface area (Å²) in [7, 11) is 1.60. The summed E-state index contributed by atoms with van der Waals surface area (Å²) in [5.41, 5.74) is 1.48. The molecule has 1 aliphatic carbocycles. The first-order valence-corrected chi connectivity index (χ1v) is 8.54. The van der Waals surface area contributed by atoms with Crippen molar-refractivity contribution in [1.82, 2.24) is 5.32 Å². The van der Waals surface area contributed by atoms with Crippen molar-refractivity contribution in [3.8, 4) is 5.75 Å². The standard InChI is InChI=1S/C21H21NO4/c1-25-18-12-7-15(8-13-18)9-14-19(23)26-20(16-5-3-2-4-6-16)21(24)22-17-10-11-17/h2-9,12-14,17,20H,10-11H2,1H3,(H,22,24)/b14-9+/t20-/m0/s1. The molecule has 0 saturated heterocycles. The average Bonchev–Trinajstić information content (AvgIpc) is 3.49. The molecule has 2 aromatic rings. The number of carbonyl (C=O) groups excluding carboxylic acids is 2. The number of amides is 1. The molecule has 0 spiro atoms. The van der Waals surface area contributed by atoms with Gasteiger partial charge in [-0.2, -0.15) is 0 Å². The van der Waals surface area contributed by atoms with E-state index in [0.29, 0.717) is 5.56 Å². The monoisotopic (exact) mass is 351 g/mol. The number of rotatable bonds is 7. The van der Waals surface area contributed by atoms with Crippen molar-refractivity contribution >= 4 is 18.0 Å². The number of hydrogen-bond acceptors (Lipinski definition) is 4. The van der Waals surface area contributed by atoms with Crippen molar-refractivity contribution in [2.24, 2.45) is 0 Å². The van der Waals surface area contributed by atoms with Gasteiger partial charge in [0.25, 0.3) is 5.91 Å². The molecule has 3 rings (SSSR count). The lowest BCUT2D eigenvalue weighted by atomic mass is 10.1. The zero-order valence-electron chi connectivity index (χ0n) is 14.6. The number of hydrogen-bond donors (Lipinski definition) is 1. The fraction of sp³-hybridized carbons (Fsp3) is 0.238. The predicted octanol–water partition coefficient (Wildman–Crippen LogP) is 3.27. The fourth-order valence-corrected chi connectivity index (χ4v) is 2.44. The topological polar surface area (TPSA) is 64.6 Å². The van der Waals surface area contributed by atoms with Gasteiger partial charge < -0.3 is 14.8 Å². The SMILES string of the molecule is COc1ccc(/C=C/C(=O)O[C@H](C(=O)NC2CC2)c2ccccc2)cc1. The van der Waals surface area contributed by atoms with Gasteiger partial charge in [0.2, 0.25) is 6.10 Å². The second-order valence-electron chi connectivity index (χ2n) is 6.12. The van der Waals surface area contributed by atoms with E-state index in [1.807, 2.05) is 30.3 Å². The zero-order chi connectivity index (χ0) is 18.4. The molecular formula is C21H21NO4. The highest BCUT2D eigenvalue weighted by atomic mass is 16.5. The van der Waals surface area contributed by atoms with Gasteiger partial charge in [-0.3, -0.25) is 4.79 Å². The van der Waals surface area contributed by atoms with Crippen molar-refractivity contribution < 1.29 is 19.1 Å². The number of benzene rings is 2. The zero-order valence-corrected chi connectivity index (χ0v) is 14.6. The third kappa shape index (κ3) is 4.96. The first-order chi connectivity index (χ1) is 12.7. The molecule has 0 aromatic heterocycles. The van der Waals surface area contributed by atoms with Crippen LogP contribution < -0.4 is 10.1 Å². The molecule has 1 amide bonds. The first-order valence-electron chi connectivity index (χ1n) is 8.54. The van der Waals surface area contributed by atoms with Crippen molar-refractivity contribution in [3.05, 3.63) is 71.8 Å². The van der Waals surface area contributed by atoms with Crippen LogP contribution in [-0.4, -0.2) is 25.0 Å². The average molecular weight is 351 g/mol. The van der Waals surface area contributed by atoms with Crippen LogP contribution in [0, 0.1) is 0 Å². The molecule has 134 valence electrons. The van der Waals surface area contributed by atoms with E-state index in [2.05, 4.69) is 5.32 Å². The minimum Gasteiger partial charge on any atom is -0.497 e. The molecule has 26 heavy (non-hydrogen) atoms. The van der Waals surface area contributed by atoms with Gasteiger partial charge in [0, 0.05) is 17.7 Å². The molecule has 1 saturated carbocycles. The summed E-state index contributed by atoms with van der Waals surface area (Å²) >= 11 is 0. The van der Waals surface area contributed by atoms with Gasteiger partial charge in [-0.25, -0.2) is 4.79 Å². The van der Waals surface area contributed by atoms with Gasteiger partial charge in [-0.1, -0.05) is 42.5 Å². The van der Waals surface area contributed by atoms with E-state index in [-0.39, 0.29) is 11.9 Å². The van der Waals surface area contributed by atoms with Crippen molar-refractivity contribution in [3.63, 3.8) is 0 Å². The van der Waals surface area contributed by atoms with E-state index in [4.69, 9.17) is 9.47 Å². The number of nitrogens with one attached hydrogen (secondary N) is 1. The van der Waals surface area contributed by atoms with E-state index >= 15 is 0 Å².